The summed E-state index contributed by atoms with van der Waals surface area (Å²) in [4.78, 5) is 11.7. The van der Waals surface area contributed by atoms with Gasteiger partial charge in [-0.3, -0.25) is 0 Å². The van der Waals surface area contributed by atoms with Crippen molar-refractivity contribution in [1.82, 2.24) is 10.6 Å². The van der Waals surface area contributed by atoms with Crippen LogP contribution in [-0.2, 0) is 0 Å². The number of carbonyl (C=O) groups is 1. The number of phenolic OH excluding ortho intramolecular Hbond substituents is 1. The van der Waals surface area contributed by atoms with Crippen LogP contribution >= 0.6 is 0 Å². The first-order valence-corrected chi connectivity index (χ1v) is 8.43. The summed E-state index contributed by atoms with van der Waals surface area (Å²) in [6.45, 7) is 1.18. The van der Waals surface area contributed by atoms with E-state index in [9.17, 15) is 15.0 Å². The molecule has 27 heavy (non-hydrogen) atoms. The first-order chi connectivity index (χ1) is 13.1. The molecule has 0 radical (unpaired) electrons. The lowest BCUT2D eigenvalue weighted by atomic mass is 10.2. The number of aromatic hydroxyl groups is 1. The van der Waals surface area contributed by atoms with Crippen molar-refractivity contribution in [3.63, 3.8) is 0 Å². The lowest BCUT2D eigenvalue weighted by Gasteiger charge is -2.14. The molecule has 8 nitrogen and oxygen atoms in total. The molecule has 2 rings (SSSR count). The van der Waals surface area contributed by atoms with Crippen LogP contribution in [0.5, 0.6) is 11.5 Å². The van der Waals surface area contributed by atoms with E-state index in [2.05, 4.69) is 16.0 Å². The Kier molecular flexibility index (Phi) is 7.91. The highest BCUT2D eigenvalue weighted by molar-refractivity contribution is 5.89. The molecule has 142 valence electrons. The summed E-state index contributed by atoms with van der Waals surface area (Å²) in [6.07, 6.45) is -0.748. The Morgan fingerprint density at radius 1 is 1.15 bits per heavy atom. The summed E-state index contributed by atoms with van der Waals surface area (Å²) in [5.74, 6) is 0.565. The average Bonchev–Trinajstić information content (AvgIpc) is 2.68. The van der Waals surface area contributed by atoms with Gasteiger partial charge in [0.1, 0.15) is 30.3 Å². The topological polar surface area (TPSA) is 127 Å². The largest absolute Gasteiger partial charge is 0.508 e. The van der Waals surface area contributed by atoms with E-state index in [4.69, 9.17) is 10.00 Å². The van der Waals surface area contributed by atoms with Gasteiger partial charge in [0.05, 0.1) is 5.56 Å². The number of hydrogen-bond acceptors (Lipinski definition) is 6. The highest BCUT2D eigenvalue weighted by Gasteiger charge is 2.07. The summed E-state index contributed by atoms with van der Waals surface area (Å²) < 4.78 is 5.45. The van der Waals surface area contributed by atoms with E-state index in [1.807, 2.05) is 6.07 Å². The number of rotatable bonds is 9. The van der Waals surface area contributed by atoms with E-state index >= 15 is 0 Å². The fourth-order valence-corrected chi connectivity index (χ4v) is 2.18. The zero-order valence-corrected chi connectivity index (χ0v) is 14.7. The maximum absolute atomic E-state index is 11.7. The molecule has 2 aromatic rings. The number of nitriles is 1. The predicted octanol–water partition coefficient (Wildman–Crippen LogP) is 1.41. The van der Waals surface area contributed by atoms with Gasteiger partial charge < -0.3 is 30.9 Å². The molecule has 0 aliphatic carbocycles. The van der Waals surface area contributed by atoms with Gasteiger partial charge in [-0.2, -0.15) is 5.26 Å². The predicted molar refractivity (Wildman–Crippen MR) is 101 cm³/mol. The normalized spacial score (nSPS) is 11.3. The van der Waals surface area contributed by atoms with Gasteiger partial charge in [0.2, 0.25) is 0 Å². The fourth-order valence-electron chi connectivity index (χ4n) is 2.18. The van der Waals surface area contributed by atoms with Gasteiger partial charge in [-0.15, -0.1) is 0 Å². The second-order valence-electron chi connectivity index (χ2n) is 5.70. The number of aliphatic hydroxyl groups excluding tert-OH is 1. The third kappa shape index (κ3) is 7.23. The smallest absolute Gasteiger partial charge is 0.319 e. The summed E-state index contributed by atoms with van der Waals surface area (Å²) in [5.41, 5.74) is 0.991. The van der Waals surface area contributed by atoms with Gasteiger partial charge in [0.15, 0.2) is 0 Å². The fraction of sp³-hybridized carbons (Fsp3) is 0.263. The molecule has 2 aromatic carbocycles. The number of nitrogens with one attached hydrogen (secondary N) is 3. The van der Waals surface area contributed by atoms with E-state index < -0.39 is 6.10 Å². The van der Waals surface area contributed by atoms with E-state index in [1.54, 1.807) is 36.4 Å². The molecule has 8 heteroatoms. The van der Waals surface area contributed by atoms with Crippen LogP contribution in [-0.4, -0.2) is 48.6 Å². The number of hydrogen-bond donors (Lipinski definition) is 5. The van der Waals surface area contributed by atoms with Crippen LogP contribution in [0.25, 0.3) is 0 Å². The molecule has 0 fully saturated rings. The number of urea groups is 1. The number of para-hydroxylation sites is 1. The molecule has 0 bridgehead atoms. The zero-order chi connectivity index (χ0) is 19.5. The van der Waals surface area contributed by atoms with Gasteiger partial charge in [0, 0.05) is 25.3 Å². The molecule has 0 aliphatic heterocycles. The molecule has 5 N–H and O–H groups in total. The minimum Gasteiger partial charge on any atom is -0.508 e. The Labute approximate surface area is 157 Å². The van der Waals surface area contributed by atoms with E-state index in [1.165, 1.54) is 12.1 Å². The minimum atomic E-state index is -0.748. The molecule has 0 saturated heterocycles. The molecule has 0 saturated carbocycles. The first-order valence-electron chi connectivity index (χ1n) is 8.43. The Balaban J connectivity index is 1.57. The Hall–Kier alpha value is -3.28. The summed E-state index contributed by atoms with van der Waals surface area (Å²) in [7, 11) is 0. The van der Waals surface area contributed by atoms with Crippen molar-refractivity contribution in [2.45, 2.75) is 6.10 Å². The van der Waals surface area contributed by atoms with E-state index in [0.717, 1.165) is 0 Å². The van der Waals surface area contributed by atoms with Crippen molar-refractivity contribution in [2.75, 3.05) is 31.6 Å². The Morgan fingerprint density at radius 2 is 1.89 bits per heavy atom. The van der Waals surface area contributed by atoms with Crippen LogP contribution in [0.2, 0.25) is 0 Å². The molecule has 0 aliphatic rings. The number of aliphatic hydroxyl groups is 1. The van der Waals surface area contributed by atoms with Gasteiger partial charge in [-0.25, -0.2) is 4.79 Å². The van der Waals surface area contributed by atoms with Gasteiger partial charge >= 0.3 is 6.03 Å². The van der Waals surface area contributed by atoms with Crippen molar-refractivity contribution in [2.24, 2.45) is 0 Å². The summed E-state index contributed by atoms with van der Waals surface area (Å²) in [6, 6.07) is 14.6. The molecule has 2 amide bonds. The second kappa shape index (κ2) is 10.7. The van der Waals surface area contributed by atoms with E-state index in [0.29, 0.717) is 30.1 Å². The van der Waals surface area contributed by atoms with Crippen LogP contribution in [0, 0.1) is 11.3 Å². The molecule has 0 spiro atoms. The van der Waals surface area contributed by atoms with Crippen LogP contribution in [0.3, 0.4) is 0 Å². The van der Waals surface area contributed by atoms with Gasteiger partial charge in [0.25, 0.3) is 0 Å². The number of phenols is 1. The zero-order valence-electron chi connectivity index (χ0n) is 14.7. The van der Waals surface area contributed by atoms with Crippen LogP contribution in [0.4, 0.5) is 10.5 Å². The molecule has 1 atom stereocenters. The number of benzene rings is 2. The quantitative estimate of drug-likeness (QED) is 0.336. The van der Waals surface area contributed by atoms with Crippen molar-refractivity contribution < 1.29 is 19.7 Å². The number of nitrogens with zero attached hydrogens (tertiary/aromatic N) is 1. The lowest BCUT2D eigenvalue weighted by molar-refractivity contribution is 0.106. The SMILES string of the molecule is N#Cc1ccccc1OC[C@@H](O)CNCCNC(=O)Nc1ccc(O)cc1. The molecule has 0 aromatic heterocycles. The highest BCUT2D eigenvalue weighted by atomic mass is 16.5. The maximum Gasteiger partial charge on any atom is 0.319 e. The molecular formula is C19H22N4O4. The highest BCUT2D eigenvalue weighted by Crippen LogP contribution is 2.16. The average molecular weight is 370 g/mol. The second-order valence-corrected chi connectivity index (χ2v) is 5.70. The molecule has 0 heterocycles. The Morgan fingerprint density at radius 3 is 2.63 bits per heavy atom. The Bertz CT molecular complexity index is 774. The number of anilines is 1. The molecule has 0 unspecified atom stereocenters. The van der Waals surface area contributed by atoms with Crippen molar-refractivity contribution in [3.05, 3.63) is 54.1 Å². The van der Waals surface area contributed by atoms with Crippen molar-refractivity contribution >= 4 is 11.7 Å². The number of amides is 2. The standard InChI is InChI=1S/C19H22N4O4/c20-11-14-3-1-2-4-18(14)27-13-17(25)12-21-9-10-22-19(26)23-15-5-7-16(24)8-6-15/h1-8,17,21,24-25H,9-10,12-13H2,(H2,22,23,26)/t17-/m0/s1. The molecular weight excluding hydrogens is 348 g/mol. The van der Waals surface area contributed by atoms with Crippen LogP contribution in [0.1, 0.15) is 5.56 Å². The van der Waals surface area contributed by atoms with Gasteiger partial charge in [-0.1, -0.05) is 12.1 Å². The van der Waals surface area contributed by atoms with Crippen LogP contribution < -0.4 is 20.7 Å². The minimum absolute atomic E-state index is 0.0560. The number of ether oxygens (including phenoxy) is 1. The summed E-state index contributed by atoms with van der Waals surface area (Å²) in [5, 5.41) is 36.4. The third-order valence-corrected chi connectivity index (χ3v) is 3.53. The first kappa shape index (κ1) is 20.0. The third-order valence-electron chi connectivity index (χ3n) is 3.53. The monoisotopic (exact) mass is 370 g/mol. The van der Waals surface area contributed by atoms with Crippen LogP contribution in [0.15, 0.2) is 48.5 Å². The summed E-state index contributed by atoms with van der Waals surface area (Å²) >= 11 is 0. The number of carbonyl (C=O) groups excluding carboxylic acids is 1. The maximum atomic E-state index is 11.7. The van der Waals surface area contributed by atoms with Crippen molar-refractivity contribution in [3.8, 4) is 17.6 Å². The van der Waals surface area contributed by atoms with E-state index in [-0.39, 0.29) is 24.9 Å². The van der Waals surface area contributed by atoms with Crippen molar-refractivity contribution in [1.29, 1.82) is 5.26 Å². The van der Waals surface area contributed by atoms with Gasteiger partial charge in [-0.05, 0) is 36.4 Å². The lowest BCUT2D eigenvalue weighted by Crippen LogP contribution is -2.38.